The van der Waals surface area contributed by atoms with Gasteiger partial charge in [0.15, 0.2) is 0 Å². The fraction of sp³-hybridized carbons (Fsp3) is 0.214. The van der Waals surface area contributed by atoms with Crippen LogP contribution in [0.2, 0.25) is 0 Å². The summed E-state index contributed by atoms with van der Waals surface area (Å²) < 4.78 is 6.13. The number of benzene rings is 2. The Morgan fingerprint density at radius 3 is 2.67 bits per heavy atom. The van der Waals surface area contributed by atoms with Crippen LogP contribution in [0.25, 0.3) is 10.8 Å². The molecule has 0 saturated carbocycles. The van der Waals surface area contributed by atoms with Gasteiger partial charge in [-0.3, -0.25) is 4.90 Å². The Morgan fingerprint density at radius 2 is 1.89 bits per heavy atom. The van der Waals surface area contributed by atoms with Gasteiger partial charge in [0.05, 0.1) is 12.3 Å². The summed E-state index contributed by atoms with van der Waals surface area (Å²) in [5.74, 6) is 0. The molecule has 3 nitrogen and oxygen atoms in total. The van der Waals surface area contributed by atoms with Crippen molar-refractivity contribution in [3.05, 3.63) is 40.9 Å². The summed E-state index contributed by atoms with van der Waals surface area (Å²) in [5.41, 5.74) is 0.915. The van der Waals surface area contributed by atoms with E-state index in [1.807, 2.05) is 36.4 Å². The van der Waals surface area contributed by atoms with Gasteiger partial charge in [0, 0.05) is 16.4 Å². The summed E-state index contributed by atoms with van der Waals surface area (Å²) in [6.45, 7) is 1.23. The van der Waals surface area contributed by atoms with Crippen LogP contribution >= 0.6 is 15.9 Å². The average Bonchev–Trinajstić information content (AvgIpc) is 2.41. The van der Waals surface area contributed by atoms with E-state index in [0.29, 0.717) is 13.2 Å². The quantitative estimate of drug-likeness (QED) is 0.798. The number of ether oxygens (including phenoxy) is 1. The van der Waals surface area contributed by atoms with Crippen LogP contribution in [0.15, 0.2) is 40.9 Å². The standard InChI is InChI=1S/C14H12BrNO2/c15-12-6-7-13(11-5-2-1-4-10(11)12)16-8-3-9-18-14(16)17/h1-2,4-7H,3,8-9H2. The lowest BCUT2D eigenvalue weighted by Crippen LogP contribution is -2.37. The maximum Gasteiger partial charge on any atom is 0.414 e. The summed E-state index contributed by atoms with van der Waals surface area (Å²) in [6, 6.07) is 12.0. The molecule has 0 N–H and O–H groups in total. The Hall–Kier alpha value is -1.55. The highest BCUT2D eigenvalue weighted by Gasteiger charge is 2.22. The maximum atomic E-state index is 11.8. The van der Waals surface area contributed by atoms with Crippen LogP contribution in [-0.4, -0.2) is 19.2 Å². The number of hydrogen-bond acceptors (Lipinski definition) is 2. The molecule has 0 aliphatic carbocycles. The predicted octanol–water partition coefficient (Wildman–Crippen LogP) is 3.95. The number of fused-ring (bicyclic) bond motifs is 1. The second-order valence-electron chi connectivity index (χ2n) is 4.23. The van der Waals surface area contributed by atoms with Crippen LogP contribution in [0, 0.1) is 0 Å². The van der Waals surface area contributed by atoms with Crippen molar-refractivity contribution in [1.29, 1.82) is 0 Å². The third kappa shape index (κ3) is 1.86. The number of carbonyl (C=O) groups is 1. The molecule has 3 rings (SSSR count). The molecule has 2 aromatic rings. The van der Waals surface area contributed by atoms with E-state index in [-0.39, 0.29) is 6.09 Å². The third-order valence-corrected chi connectivity index (χ3v) is 3.80. The molecule has 18 heavy (non-hydrogen) atoms. The first-order valence-electron chi connectivity index (χ1n) is 5.89. The fourth-order valence-electron chi connectivity index (χ4n) is 2.25. The normalized spacial score (nSPS) is 15.8. The summed E-state index contributed by atoms with van der Waals surface area (Å²) in [4.78, 5) is 13.5. The SMILES string of the molecule is O=C1OCCCN1c1ccc(Br)c2ccccc12. The number of halogens is 1. The minimum Gasteiger partial charge on any atom is -0.449 e. The van der Waals surface area contributed by atoms with Crippen molar-refractivity contribution in [2.45, 2.75) is 6.42 Å². The maximum absolute atomic E-state index is 11.8. The highest BCUT2D eigenvalue weighted by Crippen LogP contribution is 2.33. The minimum absolute atomic E-state index is 0.256. The van der Waals surface area contributed by atoms with Crippen molar-refractivity contribution in [2.24, 2.45) is 0 Å². The molecule has 0 atom stereocenters. The van der Waals surface area contributed by atoms with Crippen LogP contribution in [-0.2, 0) is 4.74 Å². The number of cyclic esters (lactones) is 1. The molecule has 2 aromatic carbocycles. The average molecular weight is 306 g/mol. The zero-order chi connectivity index (χ0) is 12.5. The van der Waals surface area contributed by atoms with Crippen LogP contribution in [0.1, 0.15) is 6.42 Å². The number of amides is 1. The first-order valence-corrected chi connectivity index (χ1v) is 6.68. The van der Waals surface area contributed by atoms with E-state index in [1.165, 1.54) is 0 Å². The molecule has 1 fully saturated rings. The Morgan fingerprint density at radius 1 is 1.11 bits per heavy atom. The predicted molar refractivity (Wildman–Crippen MR) is 75.0 cm³/mol. The molecule has 1 amide bonds. The van der Waals surface area contributed by atoms with Gasteiger partial charge in [-0.25, -0.2) is 4.79 Å². The Labute approximate surface area is 113 Å². The molecule has 0 unspecified atom stereocenters. The van der Waals surface area contributed by atoms with Gasteiger partial charge in [-0.2, -0.15) is 0 Å². The first-order chi connectivity index (χ1) is 8.77. The smallest absolute Gasteiger partial charge is 0.414 e. The van der Waals surface area contributed by atoms with Gasteiger partial charge < -0.3 is 4.74 Å². The molecule has 92 valence electrons. The molecule has 1 saturated heterocycles. The number of nitrogens with zero attached hydrogens (tertiary/aromatic N) is 1. The zero-order valence-corrected chi connectivity index (χ0v) is 11.3. The van der Waals surface area contributed by atoms with Gasteiger partial charge in [0.2, 0.25) is 0 Å². The van der Waals surface area contributed by atoms with E-state index < -0.39 is 0 Å². The highest BCUT2D eigenvalue weighted by molar-refractivity contribution is 9.10. The molecular formula is C14H12BrNO2. The van der Waals surface area contributed by atoms with Crippen LogP contribution in [0.4, 0.5) is 10.5 Å². The highest BCUT2D eigenvalue weighted by atomic mass is 79.9. The fourth-order valence-corrected chi connectivity index (χ4v) is 2.73. The molecule has 0 bridgehead atoms. The molecule has 0 radical (unpaired) electrons. The van der Waals surface area contributed by atoms with Crippen LogP contribution < -0.4 is 4.90 Å². The van der Waals surface area contributed by atoms with E-state index in [1.54, 1.807) is 4.90 Å². The summed E-state index contributed by atoms with van der Waals surface area (Å²) in [6.07, 6.45) is 0.615. The monoisotopic (exact) mass is 305 g/mol. The number of carbonyl (C=O) groups excluding carboxylic acids is 1. The van der Waals surface area contributed by atoms with Crippen molar-refractivity contribution in [1.82, 2.24) is 0 Å². The van der Waals surface area contributed by atoms with Crippen LogP contribution in [0.5, 0.6) is 0 Å². The van der Waals surface area contributed by atoms with E-state index >= 15 is 0 Å². The van der Waals surface area contributed by atoms with E-state index in [9.17, 15) is 4.79 Å². The van der Waals surface area contributed by atoms with E-state index in [4.69, 9.17) is 4.74 Å². The van der Waals surface area contributed by atoms with Crippen molar-refractivity contribution in [2.75, 3.05) is 18.1 Å². The number of hydrogen-bond donors (Lipinski definition) is 0. The van der Waals surface area contributed by atoms with Gasteiger partial charge in [-0.15, -0.1) is 0 Å². The molecular weight excluding hydrogens is 294 g/mol. The third-order valence-electron chi connectivity index (χ3n) is 3.11. The van der Waals surface area contributed by atoms with Crippen LogP contribution in [0.3, 0.4) is 0 Å². The summed E-state index contributed by atoms with van der Waals surface area (Å²) in [7, 11) is 0. The van der Waals surface area contributed by atoms with Gasteiger partial charge in [0.1, 0.15) is 0 Å². The van der Waals surface area contributed by atoms with Crippen molar-refractivity contribution >= 4 is 38.5 Å². The Bertz CT molecular complexity index is 612. The van der Waals surface area contributed by atoms with Crippen molar-refractivity contribution in [3.8, 4) is 0 Å². The summed E-state index contributed by atoms with van der Waals surface area (Å²) >= 11 is 3.54. The molecule has 1 aliphatic rings. The minimum atomic E-state index is -0.256. The lowest BCUT2D eigenvalue weighted by Gasteiger charge is -2.27. The second kappa shape index (κ2) is 4.61. The van der Waals surface area contributed by atoms with E-state index in [2.05, 4.69) is 15.9 Å². The first kappa shape index (κ1) is 11.5. The molecule has 1 aliphatic heterocycles. The Balaban J connectivity index is 2.17. The molecule has 4 heteroatoms. The summed E-state index contributed by atoms with van der Waals surface area (Å²) in [5, 5.41) is 2.17. The number of rotatable bonds is 1. The lowest BCUT2D eigenvalue weighted by atomic mass is 10.1. The van der Waals surface area contributed by atoms with Gasteiger partial charge in [-0.05, 0) is 23.9 Å². The topological polar surface area (TPSA) is 29.5 Å². The lowest BCUT2D eigenvalue weighted by molar-refractivity contribution is 0.140. The second-order valence-corrected chi connectivity index (χ2v) is 5.09. The molecule has 0 spiro atoms. The van der Waals surface area contributed by atoms with Crippen molar-refractivity contribution in [3.63, 3.8) is 0 Å². The largest absolute Gasteiger partial charge is 0.449 e. The zero-order valence-electron chi connectivity index (χ0n) is 9.73. The molecule has 1 heterocycles. The van der Waals surface area contributed by atoms with Gasteiger partial charge in [-0.1, -0.05) is 40.2 Å². The number of anilines is 1. The van der Waals surface area contributed by atoms with Gasteiger partial charge >= 0.3 is 6.09 Å². The van der Waals surface area contributed by atoms with Gasteiger partial charge in [0.25, 0.3) is 0 Å². The van der Waals surface area contributed by atoms with E-state index in [0.717, 1.165) is 27.4 Å². The van der Waals surface area contributed by atoms with Crippen molar-refractivity contribution < 1.29 is 9.53 Å². The molecule has 0 aromatic heterocycles. The Kier molecular flexibility index (Phi) is 2.96.